The van der Waals surface area contributed by atoms with E-state index in [2.05, 4.69) is 15.5 Å². The van der Waals surface area contributed by atoms with E-state index >= 15 is 0 Å². The van der Waals surface area contributed by atoms with Gasteiger partial charge in [-0.3, -0.25) is 10.8 Å². The van der Waals surface area contributed by atoms with Gasteiger partial charge in [-0.25, -0.2) is 4.98 Å². The average molecular weight is 335 g/mol. The number of hydrogen-bond acceptors (Lipinski definition) is 7. The Morgan fingerprint density at radius 2 is 2.12 bits per heavy atom. The van der Waals surface area contributed by atoms with Crippen molar-refractivity contribution in [1.82, 2.24) is 4.98 Å². The SMILES string of the molecule is N#C/C(=N\Nc1cccc(-c2nc3ccc(N)cc3s2)c1)C(=N)N. The predicted molar refractivity (Wildman–Crippen MR) is 98.1 cm³/mol. The van der Waals surface area contributed by atoms with Crippen LogP contribution in [-0.4, -0.2) is 16.5 Å². The first-order valence-corrected chi connectivity index (χ1v) is 7.73. The van der Waals surface area contributed by atoms with Gasteiger partial charge in [-0.2, -0.15) is 10.4 Å². The van der Waals surface area contributed by atoms with Crippen LogP contribution in [0.3, 0.4) is 0 Å². The number of amidine groups is 1. The molecule has 118 valence electrons. The molecule has 0 unspecified atom stereocenters. The number of benzene rings is 2. The highest BCUT2D eigenvalue weighted by Gasteiger charge is 2.07. The summed E-state index contributed by atoms with van der Waals surface area (Å²) in [5, 5.41) is 20.8. The van der Waals surface area contributed by atoms with E-state index in [9.17, 15) is 0 Å². The number of aromatic nitrogens is 1. The van der Waals surface area contributed by atoms with Crippen LogP contribution in [0.1, 0.15) is 0 Å². The molecule has 24 heavy (non-hydrogen) atoms. The molecule has 0 saturated carbocycles. The van der Waals surface area contributed by atoms with Gasteiger partial charge < -0.3 is 11.5 Å². The molecule has 0 atom stereocenters. The summed E-state index contributed by atoms with van der Waals surface area (Å²) in [7, 11) is 0. The van der Waals surface area contributed by atoms with Crippen LogP contribution >= 0.6 is 11.3 Å². The van der Waals surface area contributed by atoms with Gasteiger partial charge in [-0.1, -0.05) is 12.1 Å². The van der Waals surface area contributed by atoms with Crippen LogP contribution in [0.5, 0.6) is 0 Å². The Bertz CT molecular complexity index is 997. The minimum atomic E-state index is -0.384. The molecule has 0 spiro atoms. The molecule has 0 aliphatic rings. The molecular weight excluding hydrogens is 322 g/mol. The minimum Gasteiger partial charge on any atom is -0.399 e. The third-order valence-electron chi connectivity index (χ3n) is 3.18. The Hall–Kier alpha value is -3.44. The van der Waals surface area contributed by atoms with Gasteiger partial charge in [0.2, 0.25) is 5.71 Å². The van der Waals surface area contributed by atoms with Gasteiger partial charge in [0.05, 0.1) is 15.9 Å². The van der Waals surface area contributed by atoms with E-state index in [1.807, 2.05) is 36.4 Å². The first-order valence-electron chi connectivity index (χ1n) is 6.91. The molecule has 8 heteroatoms. The van der Waals surface area contributed by atoms with Crippen molar-refractivity contribution < 1.29 is 0 Å². The second kappa shape index (κ2) is 6.36. The largest absolute Gasteiger partial charge is 0.399 e. The lowest BCUT2D eigenvalue weighted by Crippen LogP contribution is -2.21. The van der Waals surface area contributed by atoms with Crippen molar-refractivity contribution in [1.29, 1.82) is 10.7 Å². The van der Waals surface area contributed by atoms with Crippen molar-refractivity contribution in [2.24, 2.45) is 10.8 Å². The second-order valence-electron chi connectivity index (χ2n) is 4.92. The number of thiazole rings is 1. The molecular formula is C16H13N7S. The molecule has 7 nitrogen and oxygen atoms in total. The predicted octanol–water partition coefficient (Wildman–Crippen LogP) is 2.77. The minimum absolute atomic E-state index is 0.170. The summed E-state index contributed by atoms with van der Waals surface area (Å²) in [6.07, 6.45) is 0. The Morgan fingerprint density at radius 3 is 2.88 bits per heavy atom. The number of fused-ring (bicyclic) bond motifs is 1. The van der Waals surface area contributed by atoms with Crippen LogP contribution in [0.15, 0.2) is 47.6 Å². The summed E-state index contributed by atoms with van der Waals surface area (Å²) in [5.74, 6) is -0.384. The Balaban J connectivity index is 1.92. The smallest absolute Gasteiger partial charge is 0.201 e. The van der Waals surface area contributed by atoms with Crippen molar-refractivity contribution in [2.75, 3.05) is 11.2 Å². The zero-order valence-electron chi connectivity index (χ0n) is 12.4. The van der Waals surface area contributed by atoms with Crippen molar-refractivity contribution in [3.8, 4) is 16.6 Å². The normalized spacial score (nSPS) is 11.2. The van der Waals surface area contributed by atoms with Crippen LogP contribution in [0.25, 0.3) is 20.8 Å². The molecule has 0 amide bonds. The third kappa shape index (κ3) is 3.16. The molecule has 1 heterocycles. The van der Waals surface area contributed by atoms with Gasteiger partial charge in [0.1, 0.15) is 11.1 Å². The fourth-order valence-corrected chi connectivity index (χ4v) is 3.06. The van der Waals surface area contributed by atoms with Crippen molar-refractivity contribution in [2.45, 2.75) is 0 Å². The first-order chi connectivity index (χ1) is 11.6. The summed E-state index contributed by atoms with van der Waals surface area (Å²) in [4.78, 5) is 4.60. The van der Waals surface area contributed by atoms with Gasteiger partial charge in [0.15, 0.2) is 5.84 Å². The highest BCUT2D eigenvalue weighted by atomic mass is 32.1. The monoisotopic (exact) mass is 335 g/mol. The van der Waals surface area contributed by atoms with Gasteiger partial charge in [-0.15, -0.1) is 11.3 Å². The van der Waals surface area contributed by atoms with Crippen molar-refractivity contribution in [3.63, 3.8) is 0 Å². The molecule has 0 fully saturated rings. The van der Waals surface area contributed by atoms with Crippen molar-refractivity contribution >= 4 is 44.5 Å². The van der Waals surface area contributed by atoms with Crippen LogP contribution in [0.4, 0.5) is 11.4 Å². The standard InChI is InChI=1S/C16H13N7S/c17-8-13(15(19)20)23-22-11-3-1-2-9(6-11)16-21-12-5-4-10(18)7-14(12)24-16/h1-7,22H,18H2,(H3,19,20)/b23-13+. The zero-order valence-corrected chi connectivity index (χ0v) is 13.3. The maximum Gasteiger partial charge on any atom is 0.201 e. The first kappa shape index (κ1) is 15.5. The van der Waals surface area contributed by atoms with Gasteiger partial charge >= 0.3 is 0 Å². The molecule has 6 N–H and O–H groups in total. The van der Waals surface area contributed by atoms with Gasteiger partial charge in [-0.05, 0) is 30.3 Å². The van der Waals surface area contributed by atoms with E-state index in [-0.39, 0.29) is 11.5 Å². The number of hydrogen-bond donors (Lipinski definition) is 4. The number of nitrogens with one attached hydrogen (secondary N) is 2. The maximum atomic E-state index is 8.85. The Kier molecular flexibility index (Phi) is 4.09. The lowest BCUT2D eigenvalue weighted by molar-refractivity contribution is 1.33. The van der Waals surface area contributed by atoms with Gasteiger partial charge in [0.25, 0.3) is 0 Å². The van der Waals surface area contributed by atoms with E-state index in [1.165, 1.54) is 0 Å². The molecule has 0 bridgehead atoms. The topological polar surface area (TPSA) is 137 Å². The average Bonchev–Trinajstić information content (AvgIpc) is 2.98. The van der Waals surface area contributed by atoms with E-state index in [1.54, 1.807) is 23.5 Å². The number of hydrazone groups is 1. The van der Waals surface area contributed by atoms with Crippen LogP contribution in [-0.2, 0) is 0 Å². The number of nitriles is 1. The van der Waals surface area contributed by atoms with E-state index < -0.39 is 0 Å². The Morgan fingerprint density at radius 1 is 1.29 bits per heavy atom. The molecule has 0 radical (unpaired) electrons. The number of anilines is 2. The van der Waals surface area contributed by atoms with Crippen molar-refractivity contribution in [3.05, 3.63) is 42.5 Å². The van der Waals surface area contributed by atoms with Gasteiger partial charge in [0, 0.05) is 11.3 Å². The number of rotatable bonds is 4. The van der Waals surface area contributed by atoms with Crippen LogP contribution in [0.2, 0.25) is 0 Å². The summed E-state index contributed by atoms with van der Waals surface area (Å²) < 4.78 is 1.02. The van der Waals surface area contributed by atoms with E-state index in [0.29, 0.717) is 11.4 Å². The third-order valence-corrected chi connectivity index (χ3v) is 4.25. The molecule has 0 aliphatic carbocycles. The second-order valence-corrected chi connectivity index (χ2v) is 5.96. The maximum absolute atomic E-state index is 8.85. The summed E-state index contributed by atoms with van der Waals surface area (Å²) in [6.45, 7) is 0. The fourth-order valence-electron chi connectivity index (χ4n) is 2.05. The summed E-state index contributed by atoms with van der Waals surface area (Å²) in [6, 6.07) is 14.8. The number of nitrogen functional groups attached to an aromatic ring is 1. The van der Waals surface area contributed by atoms with Crippen LogP contribution < -0.4 is 16.9 Å². The molecule has 3 aromatic rings. The molecule has 0 aliphatic heterocycles. The van der Waals surface area contributed by atoms with Crippen LogP contribution in [0, 0.1) is 16.7 Å². The van der Waals surface area contributed by atoms with E-state index in [4.69, 9.17) is 22.1 Å². The fraction of sp³-hybridized carbons (Fsp3) is 0. The molecule has 1 aromatic heterocycles. The zero-order chi connectivity index (χ0) is 17.1. The quantitative estimate of drug-likeness (QED) is 0.251. The number of nitrogens with zero attached hydrogens (tertiary/aromatic N) is 3. The number of nitrogens with two attached hydrogens (primary N) is 2. The Labute approximate surface area is 141 Å². The lowest BCUT2D eigenvalue weighted by atomic mass is 10.2. The highest BCUT2D eigenvalue weighted by Crippen LogP contribution is 2.32. The summed E-state index contributed by atoms with van der Waals surface area (Å²) in [5.41, 5.74) is 16.8. The molecule has 2 aromatic carbocycles. The molecule has 3 rings (SSSR count). The highest BCUT2D eigenvalue weighted by molar-refractivity contribution is 7.21. The summed E-state index contributed by atoms with van der Waals surface area (Å²) >= 11 is 1.55. The van der Waals surface area contributed by atoms with E-state index in [0.717, 1.165) is 20.8 Å². The molecule has 0 saturated heterocycles. The lowest BCUT2D eigenvalue weighted by Gasteiger charge is -2.03.